The molecule has 1 rings (SSSR count). The average molecular weight is 313 g/mol. The number of ketones is 2. The fourth-order valence-corrected chi connectivity index (χ4v) is 2.18. The Morgan fingerprint density at radius 1 is 1.23 bits per heavy atom. The number of rotatable bonds is 3. The lowest BCUT2D eigenvalue weighted by Gasteiger charge is -2.35. The number of carbonyl (C=O) groups is 4. The predicted molar refractivity (Wildman–Crippen MR) is 77.1 cm³/mol. The van der Waals surface area contributed by atoms with Crippen LogP contribution in [-0.4, -0.2) is 53.8 Å². The number of hydrogen-bond acceptors (Lipinski definition) is 6. The highest BCUT2D eigenvalue weighted by atomic mass is 16.6. The predicted octanol–water partition coefficient (Wildman–Crippen LogP) is 1.19. The van der Waals surface area contributed by atoms with E-state index in [-0.39, 0.29) is 25.5 Å². The Labute approximate surface area is 129 Å². The van der Waals surface area contributed by atoms with Gasteiger partial charge in [0.1, 0.15) is 17.3 Å². The SMILES string of the molecule is CCOC(=O)C(=O)C1CN(C(=O)OC(C)(C)C)C[C@H](C)C1=O. The maximum absolute atomic E-state index is 12.1. The van der Waals surface area contributed by atoms with Crippen LogP contribution in [0.1, 0.15) is 34.6 Å². The molecule has 1 aliphatic rings. The molecule has 0 aromatic heterocycles. The lowest BCUT2D eigenvalue weighted by molar-refractivity contribution is -0.158. The van der Waals surface area contributed by atoms with Crippen LogP contribution in [-0.2, 0) is 23.9 Å². The monoisotopic (exact) mass is 313 g/mol. The Morgan fingerprint density at radius 3 is 2.32 bits per heavy atom. The van der Waals surface area contributed by atoms with E-state index in [2.05, 4.69) is 4.74 Å². The summed E-state index contributed by atoms with van der Waals surface area (Å²) >= 11 is 0. The molecule has 0 radical (unpaired) electrons. The van der Waals surface area contributed by atoms with Crippen molar-refractivity contribution in [3.8, 4) is 0 Å². The third-order valence-corrected chi connectivity index (χ3v) is 3.17. The van der Waals surface area contributed by atoms with Gasteiger partial charge in [-0.2, -0.15) is 0 Å². The van der Waals surface area contributed by atoms with Crippen molar-refractivity contribution in [1.82, 2.24) is 4.90 Å². The molecule has 0 aromatic carbocycles. The number of esters is 1. The number of nitrogens with zero attached hydrogens (tertiary/aromatic N) is 1. The van der Waals surface area contributed by atoms with Gasteiger partial charge in [0.25, 0.3) is 5.78 Å². The molecular formula is C15H23NO6. The third-order valence-electron chi connectivity index (χ3n) is 3.17. The van der Waals surface area contributed by atoms with Crippen molar-refractivity contribution in [3.05, 3.63) is 0 Å². The number of likely N-dealkylation sites (tertiary alicyclic amines) is 1. The lowest BCUT2D eigenvalue weighted by Crippen LogP contribution is -2.53. The van der Waals surface area contributed by atoms with Crippen molar-refractivity contribution >= 4 is 23.6 Å². The zero-order chi connectivity index (χ0) is 17.1. The minimum absolute atomic E-state index is 0.0524. The second kappa shape index (κ2) is 6.89. The molecular weight excluding hydrogens is 290 g/mol. The number of ether oxygens (including phenoxy) is 2. The van der Waals surface area contributed by atoms with Gasteiger partial charge in [-0.1, -0.05) is 6.92 Å². The van der Waals surface area contributed by atoms with Gasteiger partial charge in [0.15, 0.2) is 0 Å². The van der Waals surface area contributed by atoms with E-state index in [1.54, 1.807) is 34.6 Å². The van der Waals surface area contributed by atoms with E-state index < -0.39 is 35.3 Å². The van der Waals surface area contributed by atoms with Gasteiger partial charge in [0.2, 0.25) is 0 Å². The summed E-state index contributed by atoms with van der Waals surface area (Å²) in [5, 5.41) is 0. The molecule has 124 valence electrons. The molecule has 2 atom stereocenters. The van der Waals surface area contributed by atoms with Gasteiger partial charge in [0, 0.05) is 19.0 Å². The van der Waals surface area contributed by atoms with Crippen LogP contribution in [0.25, 0.3) is 0 Å². The first-order valence-corrected chi connectivity index (χ1v) is 7.29. The quantitative estimate of drug-likeness (QED) is 0.442. The van der Waals surface area contributed by atoms with Gasteiger partial charge in [0.05, 0.1) is 6.61 Å². The fraction of sp³-hybridized carbons (Fsp3) is 0.733. The van der Waals surface area contributed by atoms with Crippen molar-refractivity contribution in [2.75, 3.05) is 19.7 Å². The largest absolute Gasteiger partial charge is 0.460 e. The van der Waals surface area contributed by atoms with E-state index in [1.165, 1.54) is 4.90 Å². The molecule has 0 bridgehead atoms. The fourth-order valence-electron chi connectivity index (χ4n) is 2.18. The normalized spacial score (nSPS) is 22.2. The van der Waals surface area contributed by atoms with Gasteiger partial charge < -0.3 is 14.4 Å². The van der Waals surface area contributed by atoms with E-state index in [0.717, 1.165) is 0 Å². The first-order chi connectivity index (χ1) is 10.1. The molecule has 7 heteroatoms. The van der Waals surface area contributed by atoms with Gasteiger partial charge in [-0.3, -0.25) is 9.59 Å². The summed E-state index contributed by atoms with van der Waals surface area (Å²) in [6, 6.07) is 0. The van der Waals surface area contributed by atoms with Crippen LogP contribution in [0.4, 0.5) is 4.79 Å². The van der Waals surface area contributed by atoms with E-state index in [4.69, 9.17) is 4.74 Å². The smallest absolute Gasteiger partial charge is 0.410 e. The van der Waals surface area contributed by atoms with Crippen molar-refractivity contribution in [2.45, 2.75) is 40.2 Å². The molecule has 1 amide bonds. The number of carbonyl (C=O) groups excluding carboxylic acids is 4. The lowest BCUT2D eigenvalue weighted by atomic mass is 9.86. The maximum Gasteiger partial charge on any atom is 0.410 e. The summed E-state index contributed by atoms with van der Waals surface area (Å²) in [4.78, 5) is 49.1. The summed E-state index contributed by atoms with van der Waals surface area (Å²) < 4.78 is 9.89. The van der Waals surface area contributed by atoms with Gasteiger partial charge in [-0.15, -0.1) is 0 Å². The van der Waals surface area contributed by atoms with Crippen molar-refractivity contribution in [1.29, 1.82) is 0 Å². The molecule has 0 spiro atoms. The second-order valence-corrected chi connectivity index (χ2v) is 6.33. The van der Waals surface area contributed by atoms with Gasteiger partial charge in [-0.25, -0.2) is 9.59 Å². The van der Waals surface area contributed by atoms with E-state index in [9.17, 15) is 19.2 Å². The van der Waals surface area contributed by atoms with Crippen LogP contribution >= 0.6 is 0 Å². The van der Waals surface area contributed by atoms with Gasteiger partial charge >= 0.3 is 12.1 Å². The zero-order valence-corrected chi connectivity index (χ0v) is 13.7. The zero-order valence-electron chi connectivity index (χ0n) is 13.7. The number of amides is 1. The minimum atomic E-state index is -1.18. The second-order valence-electron chi connectivity index (χ2n) is 6.33. The van der Waals surface area contributed by atoms with Crippen LogP contribution in [0.5, 0.6) is 0 Å². The molecule has 1 unspecified atom stereocenters. The third kappa shape index (κ3) is 4.54. The summed E-state index contributed by atoms with van der Waals surface area (Å²) in [7, 11) is 0. The summed E-state index contributed by atoms with van der Waals surface area (Å²) in [6.07, 6.45) is -0.603. The Balaban J connectivity index is 2.86. The van der Waals surface area contributed by atoms with Crippen molar-refractivity contribution in [2.24, 2.45) is 11.8 Å². The van der Waals surface area contributed by atoms with Crippen molar-refractivity contribution < 1.29 is 28.7 Å². The van der Waals surface area contributed by atoms with Crippen molar-refractivity contribution in [3.63, 3.8) is 0 Å². The molecule has 22 heavy (non-hydrogen) atoms. The molecule has 1 fully saturated rings. The van der Waals surface area contributed by atoms with Crippen LogP contribution in [0.3, 0.4) is 0 Å². The Hall–Kier alpha value is -1.92. The average Bonchev–Trinajstić information content (AvgIpc) is 2.39. The summed E-state index contributed by atoms with van der Waals surface area (Å²) in [5.74, 6) is -4.02. The van der Waals surface area contributed by atoms with Crippen LogP contribution in [0, 0.1) is 11.8 Å². The van der Waals surface area contributed by atoms with Crippen LogP contribution in [0.2, 0.25) is 0 Å². The Bertz CT molecular complexity index is 479. The van der Waals surface area contributed by atoms with Crippen LogP contribution in [0.15, 0.2) is 0 Å². The van der Waals surface area contributed by atoms with E-state index in [1.807, 2.05) is 0 Å². The number of Topliss-reactive ketones (excluding diaryl/α,β-unsaturated/α-hetero) is 2. The molecule has 7 nitrogen and oxygen atoms in total. The molecule has 0 saturated carbocycles. The van der Waals surface area contributed by atoms with Crippen LogP contribution < -0.4 is 0 Å². The topological polar surface area (TPSA) is 90.0 Å². The molecule has 0 N–H and O–H groups in total. The minimum Gasteiger partial charge on any atom is -0.460 e. The molecule has 1 saturated heterocycles. The molecule has 1 heterocycles. The van der Waals surface area contributed by atoms with Gasteiger partial charge in [-0.05, 0) is 27.7 Å². The summed E-state index contributed by atoms with van der Waals surface area (Å²) in [5.41, 5.74) is -0.678. The molecule has 0 aromatic rings. The first kappa shape index (κ1) is 18.1. The highest BCUT2D eigenvalue weighted by Gasteiger charge is 2.42. The summed E-state index contributed by atoms with van der Waals surface area (Å²) in [6.45, 7) is 8.43. The standard InChI is InChI=1S/C15H23NO6/c1-6-21-13(19)12(18)10-8-16(7-9(2)11(10)17)14(20)22-15(3,4)5/h9-10H,6-8H2,1-5H3/t9-,10?/m0/s1. The van der Waals surface area contributed by atoms with E-state index >= 15 is 0 Å². The number of piperidine rings is 1. The van der Waals surface area contributed by atoms with E-state index in [0.29, 0.717) is 0 Å². The molecule has 1 aliphatic heterocycles. The first-order valence-electron chi connectivity index (χ1n) is 7.29. The highest BCUT2D eigenvalue weighted by Crippen LogP contribution is 2.21. The molecule has 0 aliphatic carbocycles. The Kier molecular flexibility index (Phi) is 5.68. The highest BCUT2D eigenvalue weighted by molar-refractivity contribution is 6.38. The maximum atomic E-state index is 12.1. The Morgan fingerprint density at radius 2 is 1.82 bits per heavy atom. The number of hydrogen-bond donors (Lipinski definition) is 0.